The van der Waals surface area contributed by atoms with Crippen molar-refractivity contribution < 1.29 is 18.7 Å². The molecular weight excluding hydrogens is 287 g/mol. The summed E-state index contributed by atoms with van der Waals surface area (Å²) in [4.78, 5) is 27.0. The molecule has 0 saturated heterocycles. The van der Waals surface area contributed by atoms with Gasteiger partial charge in [0.05, 0.1) is 12.7 Å². The van der Waals surface area contributed by atoms with Crippen molar-refractivity contribution in [1.82, 2.24) is 4.98 Å². The zero-order chi connectivity index (χ0) is 16.4. The molecule has 5 nitrogen and oxygen atoms in total. The highest BCUT2D eigenvalue weighted by Crippen LogP contribution is 2.21. The number of aromatic nitrogens is 1. The Kier molecular flexibility index (Phi) is 4.30. The maximum absolute atomic E-state index is 13.1. The second-order valence-electron chi connectivity index (χ2n) is 5.03. The lowest BCUT2D eigenvalue weighted by Crippen LogP contribution is -2.15. The number of methoxy groups -OCH3 is 1. The summed E-state index contributed by atoms with van der Waals surface area (Å²) in [6, 6.07) is 4.10. The molecule has 0 aliphatic rings. The van der Waals surface area contributed by atoms with Crippen molar-refractivity contribution in [3.8, 4) is 0 Å². The predicted octanol–water partition coefficient (Wildman–Crippen LogP) is 3.12. The third-order valence-electron chi connectivity index (χ3n) is 3.49. The molecule has 1 heterocycles. The van der Waals surface area contributed by atoms with Crippen LogP contribution in [0.1, 0.15) is 37.7 Å². The van der Waals surface area contributed by atoms with Crippen LogP contribution in [0.2, 0.25) is 0 Å². The fraction of sp³-hybridized carbons (Fsp3) is 0.250. The molecule has 0 aliphatic carbocycles. The second-order valence-corrected chi connectivity index (χ2v) is 5.03. The molecule has 1 amide bonds. The largest absolute Gasteiger partial charge is 0.465 e. The topological polar surface area (TPSA) is 71.2 Å². The van der Waals surface area contributed by atoms with Gasteiger partial charge in [0.2, 0.25) is 0 Å². The van der Waals surface area contributed by atoms with E-state index in [4.69, 9.17) is 4.74 Å². The summed E-state index contributed by atoms with van der Waals surface area (Å²) in [5.74, 6) is -1.26. The molecular formula is C16H17FN2O3. The van der Waals surface area contributed by atoms with Crippen LogP contribution in [0.5, 0.6) is 0 Å². The van der Waals surface area contributed by atoms with Crippen molar-refractivity contribution in [2.24, 2.45) is 0 Å². The Hall–Kier alpha value is -2.63. The number of aromatic amines is 1. The Bertz CT molecular complexity index is 750. The molecule has 0 fully saturated rings. The van der Waals surface area contributed by atoms with Crippen molar-refractivity contribution in [3.05, 3.63) is 52.1 Å². The van der Waals surface area contributed by atoms with Crippen LogP contribution < -0.4 is 5.32 Å². The standard InChI is InChI=1S/C16H17FN2O3/c1-8-7-11(17)5-6-12(8)19-15(20)14-9(2)13(10(3)18-14)16(21)22-4/h5-7,18H,1-4H3,(H,19,20). The first kappa shape index (κ1) is 15.8. The first-order chi connectivity index (χ1) is 10.3. The van der Waals surface area contributed by atoms with E-state index in [1.54, 1.807) is 20.8 Å². The molecule has 0 radical (unpaired) electrons. The number of rotatable bonds is 3. The van der Waals surface area contributed by atoms with E-state index in [0.717, 1.165) is 0 Å². The number of amides is 1. The SMILES string of the molecule is COC(=O)c1c(C)[nH]c(C(=O)Nc2ccc(F)cc2C)c1C. The van der Waals surface area contributed by atoms with Gasteiger partial charge in [-0.1, -0.05) is 0 Å². The summed E-state index contributed by atoms with van der Waals surface area (Å²) in [7, 11) is 1.29. The molecule has 1 aromatic heterocycles. The number of carbonyl (C=O) groups is 2. The molecule has 0 aliphatic heterocycles. The van der Waals surface area contributed by atoms with Gasteiger partial charge in [-0.15, -0.1) is 0 Å². The Balaban J connectivity index is 2.32. The Labute approximate surface area is 127 Å². The van der Waals surface area contributed by atoms with Gasteiger partial charge in [-0.2, -0.15) is 0 Å². The lowest BCUT2D eigenvalue weighted by molar-refractivity contribution is 0.0599. The van der Waals surface area contributed by atoms with Gasteiger partial charge in [0.1, 0.15) is 11.5 Å². The summed E-state index contributed by atoms with van der Waals surface area (Å²) in [6.45, 7) is 5.06. The molecule has 6 heteroatoms. The van der Waals surface area contributed by atoms with Crippen LogP contribution >= 0.6 is 0 Å². The molecule has 0 bridgehead atoms. The minimum atomic E-state index is -0.497. The highest BCUT2D eigenvalue weighted by atomic mass is 19.1. The zero-order valence-electron chi connectivity index (χ0n) is 12.8. The van der Waals surface area contributed by atoms with E-state index in [-0.39, 0.29) is 11.5 Å². The molecule has 0 atom stereocenters. The van der Waals surface area contributed by atoms with Gasteiger partial charge in [-0.25, -0.2) is 9.18 Å². The summed E-state index contributed by atoms with van der Waals surface area (Å²) in [5, 5.41) is 2.70. The molecule has 2 aromatic rings. The highest BCUT2D eigenvalue weighted by molar-refractivity contribution is 6.07. The van der Waals surface area contributed by atoms with Gasteiger partial charge in [-0.05, 0) is 50.1 Å². The van der Waals surface area contributed by atoms with Crippen LogP contribution in [0.3, 0.4) is 0 Å². The summed E-state index contributed by atoms with van der Waals surface area (Å²) in [5.41, 5.74) is 2.83. The fourth-order valence-corrected chi connectivity index (χ4v) is 2.34. The molecule has 2 N–H and O–H groups in total. The number of hydrogen-bond donors (Lipinski definition) is 2. The summed E-state index contributed by atoms with van der Waals surface area (Å²) >= 11 is 0. The van der Waals surface area contributed by atoms with Crippen LogP contribution in [-0.2, 0) is 4.74 Å². The normalized spacial score (nSPS) is 10.4. The monoisotopic (exact) mass is 304 g/mol. The van der Waals surface area contributed by atoms with Crippen LogP contribution in [0, 0.1) is 26.6 Å². The number of ether oxygens (including phenoxy) is 1. The lowest BCUT2D eigenvalue weighted by Gasteiger charge is -2.08. The Morgan fingerprint density at radius 2 is 1.91 bits per heavy atom. The van der Waals surface area contributed by atoms with Gasteiger partial charge in [0.15, 0.2) is 0 Å². The van der Waals surface area contributed by atoms with Crippen LogP contribution in [0.25, 0.3) is 0 Å². The number of carbonyl (C=O) groups excluding carboxylic acids is 2. The predicted molar refractivity (Wildman–Crippen MR) is 80.7 cm³/mol. The lowest BCUT2D eigenvalue weighted by atomic mass is 10.1. The first-order valence-corrected chi connectivity index (χ1v) is 6.70. The number of benzene rings is 1. The van der Waals surface area contributed by atoms with E-state index in [9.17, 15) is 14.0 Å². The fourth-order valence-electron chi connectivity index (χ4n) is 2.34. The van der Waals surface area contributed by atoms with Gasteiger partial charge in [0.25, 0.3) is 5.91 Å². The zero-order valence-corrected chi connectivity index (χ0v) is 12.8. The number of nitrogens with one attached hydrogen (secondary N) is 2. The average Bonchev–Trinajstić information content (AvgIpc) is 2.76. The molecule has 0 unspecified atom stereocenters. The number of aryl methyl sites for hydroxylation is 2. The number of halogens is 1. The van der Waals surface area contributed by atoms with Crippen LogP contribution in [0.15, 0.2) is 18.2 Å². The number of anilines is 1. The minimum absolute atomic E-state index is 0.279. The first-order valence-electron chi connectivity index (χ1n) is 6.70. The second kappa shape index (κ2) is 6.01. The van der Waals surface area contributed by atoms with E-state index in [2.05, 4.69) is 10.3 Å². The number of esters is 1. The van der Waals surface area contributed by atoms with Crippen molar-refractivity contribution in [1.29, 1.82) is 0 Å². The summed E-state index contributed by atoms with van der Waals surface area (Å²) in [6.07, 6.45) is 0. The minimum Gasteiger partial charge on any atom is -0.465 e. The highest BCUT2D eigenvalue weighted by Gasteiger charge is 2.22. The van der Waals surface area contributed by atoms with Crippen LogP contribution in [0.4, 0.5) is 10.1 Å². The molecule has 0 spiro atoms. The number of hydrogen-bond acceptors (Lipinski definition) is 3. The molecule has 22 heavy (non-hydrogen) atoms. The molecule has 0 saturated carbocycles. The van der Waals surface area contributed by atoms with Gasteiger partial charge in [-0.3, -0.25) is 4.79 Å². The van der Waals surface area contributed by atoms with E-state index in [1.165, 1.54) is 25.3 Å². The van der Waals surface area contributed by atoms with Gasteiger partial charge < -0.3 is 15.0 Å². The smallest absolute Gasteiger partial charge is 0.339 e. The van der Waals surface area contributed by atoms with Crippen molar-refractivity contribution >= 4 is 17.6 Å². The third kappa shape index (κ3) is 2.86. The maximum Gasteiger partial charge on any atom is 0.339 e. The Morgan fingerprint density at radius 1 is 1.23 bits per heavy atom. The molecule has 1 aromatic carbocycles. The number of H-pyrrole nitrogens is 1. The van der Waals surface area contributed by atoms with E-state index < -0.39 is 11.9 Å². The van der Waals surface area contributed by atoms with E-state index in [0.29, 0.717) is 28.1 Å². The Morgan fingerprint density at radius 3 is 2.50 bits per heavy atom. The van der Waals surface area contributed by atoms with Crippen molar-refractivity contribution in [2.45, 2.75) is 20.8 Å². The average molecular weight is 304 g/mol. The van der Waals surface area contributed by atoms with E-state index in [1.807, 2.05) is 0 Å². The summed E-state index contributed by atoms with van der Waals surface area (Å²) < 4.78 is 17.8. The molecule has 2 rings (SSSR count). The maximum atomic E-state index is 13.1. The van der Waals surface area contributed by atoms with Gasteiger partial charge in [0, 0.05) is 11.4 Å². The van der Waals surface area contributed by atoms with Crippen molar-refractivity contribution in [2.75, 3.05) is 12.4 Å². The van der Waals surface area contributed by atoms with Crippen molar-refractivity contribution in [3.63, 3.8) is 0 Å². The molecule has 116 valence electrons. The van der Waals surface area contributed by atoms with Gasteiger partial charge >= 0.3 is 5.97 Å². The van der Waals surface area contributed by atoms with Crippen LogP contribution in [-0.4, -0.2) is 24.0 Å². The van der Waals surface area contributed by atoms with E-state index >= 15 is 0 Å². The third-order valence-corrected chi connectivity index (χ3v) is 3.49. The quantitative estimate of drug-likeness (QED) is 0.856.